The number of likely N-dealkylation sites (tertiary alicyclic amines) is 1. The lowest BCUT2D eigenvalue weighted by molar-refractivity contribution is -0.131. The number of piperidine rings is 1. The van der Waals surface area contributed by atoms with E-state index >= 15 is 0 Å². The number of hydrogen-bond acceptors (Lipinski definition) is 6. The molecule has 1 unspecified atom stereocenters. The number of carbonyl (C=O) groups is 2. The normalized spacial score (nSPS) is 21.4. The Bertz CT molecular complexity index is 615. The maximum absolute atomic E-state index is 12.4. The number of carbonyl (C=O) groups excluding carboxylic acids is 2. The number of aromatic nitrogens is 1. The van der Waals surface area contributed by atoms with Crippen LogP contribution in [0.15, 0.2) is 17.1 Å². The molecule has 0 spiro atoms. The van der Waals surface area contributed by atoms with E-state index in [0.29, 0.717) is 24.3 Å². The largest absolute Gasteiger partial charge is 0.451 e. The Kier molecular flexibility index (Phi) is 6.84. The molecule has 3 heterocycles. The van der Waals surface area contributed by atoms with Crippen molar-refractivity contribution < 1.29 is 18.7 Å². The molecule has 0 N–H and O–H groups in total. The summed E-state index contributed by atoms with van der Waals surface area (Å²) < 4.78 is 10.5. The molecule has 0 radical (unpaired) electrons. The molecule has 2 aliphatic rings. The highest BCUT2D eigenvalue weighted by Crippen LogP contribution is 2.23. The molecule has 0 bridgehead atoms. The van der Waals surface area contributed by atoms with Crippen molar-refractivity contribution in [2.24, 2.45) is 0 Å². The third-order valence-corrected chi connectivity index (χ3v) is 5.66. The molecule has 8 nitrogen and oxygen atoms in total. The molecule has 3 rings (SSSR count). The molecule has 1 aromatic rings. The second kappa shape index (κ2) is 9.32. The number of nitrogens with zero attached hydrogens (tertiary/aromatic N) is 4. The van der Waals surface area contributed by atoms with Crippen LogP contribution in [0.2, 0.25) is 0 Å². The Morgan fingerprint density at radius 3 is 2.67 bits per heavy atom. The van der Waals surface area contributed by atoms with Crippen LogP contribution in [-0.4, -0.2) is 90.0 Å². The lowest BCUT2D eigenvalue weighted by atomic mass is 9.98. The molecule has 0 aromatic carbocycles. The van der Waals surface area contributed by atoms with Crippen LogP contribution < -0.4 is 0 Å². The molecule has 27 heavy (non-hydrogen) atoms. The van der Waals surface area contributed by atoms with E-state index in [4.69, 9.17) is 9.15 Å². The van der Waals surface area contributed by atoms with Crippen molar-refractivity contribution >= 4 is 11.8 Å². The summed E-state index contributed by atoms with van der Waals surface area (Å²) in [6.07, 6.45) is 6.75. The van der Waals surface area contributed by atoms with E-state index in [0.717, 1.165) is 58.5 Å². The molecular weight excluding hydrogens is 348 g/mol. The summed E-state index contributed by atoms with van der Waals surface area (Å²) in [5.41, 5.74) is 0.329. The number of rotatable bonds is 6. The first-order valence-corrected chi connectivity index (χ1v) is 9.79. The van der Waals surface area contributed by atoms with Gasteiger partial charge >= 0.3 is 0 Å². The molecule has 150 valence electrons. The van der Waals surface area contributed by atoms with Crippen molar-refractivity contribution in [3.63, 3.8) is 0 Å². The SMILES string of the molecule is CC(=O)N1CCCC(N(CCN(C)C(=O)c2cocn2)C2CCOCC2)C1. The lowest BCUT2D eigenvalue weighted by Gasteiger charge is -2.44. The van der Waals surface area contributed by atoms with E-state index in [9.17, 15) is 9.59 Å². The fraction of sp³-hybridized carbons (Fsp3) is 0.737. The Morgan fingerprint density at radius 1 is 1.22 bits per heavy atom. The van der Waals surface area contributed by atoms with Crippen molar-refractivity contribution in [1.82, 2.24) is 19.7 Å². The first-order valence-electron chi connectivity index (χ1n) is 9.79. The van der Waals surface area contributed by atoms with E-state index in [1.807, 2.05) is 4.90 Å². The predicted octanol–water partition coefficient (Wildman–Crippen LogP) is 1.24. The number of hydrogen-bond donors (Lipinski definition) is 0. The first kappa shape index (κ1) is 19.8. The minimum absolute atomic E-state index is 0.135. The summed E-state index contributed by atoms with van der Waals surface area (Å²) in [6.45, 7) is 6.20. The van der Waals surface area contributed by atoms with Crippen LogP contribution in [0.1, 0.15) is 43.1 Å². The number of ether oxygens (including phenoxy) is 1. The van der Waals surface area contributed by atoms with Gasteiger partial charge in [0, 0.05) is 65.4 Å². The van der Waals surface area contributed by atoms with Crippen LogP contribution in [0.5, 0.6) is 0 Å². The molecule has 2 fully saturated rings. The predicted molar refractivity (Wildman–Crippen MR) is 99.3 cm³/mol. The number of likely N-dealkylation sites (N-methyl/N-ethyl adjacent to an activating group) is 1. The minimum Gasteiger partial charge on any atom is -0.451 e. The second-order valence-corrected chi connectivity index (χ2v) is 7.44. The van der Waals surface area contributed by atoms with E-state index in [1.54, 1.807) is 18.9 Å². The zero-order valence-electron chi connectivity index (χ0n) is 16.3. The Morgan fingerprint density at radius 2 is 2.00 bits per heavy atom. The monoisotopic (exact) mass is 378 g/mol. The number of oxazole rings is 1. The molecule has 1 atom stereocenters. The van der Waals surface area contributed by atoms with Gasteiger partial charge < -0.3 is 19.0 Å². The Balaban J connectivity index is 1.64. The standard InChI is InChI=1S/C19H30N4O4/c1-15(24)22-7-3-4-17(12-22)23(16-5-10-26-11-6-16)9-8-21(2)19(25)18-13-27-14-20-18/h13-14,16-17H,3-12H2,1-2H3. The topological polar surface area (TPSA) is 79.1 Å². The van der Waals surface area contributed by atoms with Crippen LogP contribution in [0.3, 0.4) is 0 Å². The first-order chi connectivity index (χ1) is 13.1. The van der Waals surface area contributed by atoms with Gasteiger partial charge in [-0.2, -0.15) is 0 Å². The molecule has 0 saturated carbocycles. The number of amides is 2. The fourth-order valence-electron chi connectivity index (χ4n) is 4.07. The van der Waals surface area contributed by atoms with E-state index in [2.05, 4.69) is 9.88 Å². The molecule has 8 heteroatoms. The molecule has 2 saturated heterocycles. The Labute approximate surface area is 160 Å². The van der Waals surface area contributed by atoms with E-state index in [-0.39, 0.29) is 11.8 Å². The third kappa shape index (κ3) is 5.07. The van der Waals surface area contributed by atoms with Crippen LogP contribution in [0.25, 0.3) is 0 Å². The average Bonchev–Trinajstić information content (AvgIpc) is 3.23. The molecule has 0 aliphatic carbocycles. The van der Waals surface area contributed by atoms with Gasteiger partial charge in [0.15, 0.2) is 12.1 Å². The van der Waals surface area contributed by atoms with Crippen molar-refractivity contribution in [3.8, 4) is 0 Å². The summed E-state index contributed by atoms with van der Waals surface area (Å²) in [5.74, 6) is 0.00893. The fourth-order valence-corrected chi connectivity index (χ4v) is 4.07. The Hall–Kier alpha value is -1.93. The highest BCUT2D eigenvalue weighted by atomic mass is 16.5. The van der Waals surface area contributed by atoms with Crippen molar-refractivity contribution in [3.05, 3.63) is 18.4 Å². The van der Waals surface area contributed by atoms with Gasteiger partial charge in [0.1, 0.15) is 6.26 Å². The summed E-state index contributed by atoms with van der Waals surface area (Å²) in [5, 5.41) is 0. The van der Waals surface area contributed by atoms with Gasteiger partial charge in [0.2, 0.25) is 5.91 Å². The molecule has 1 aromatic heterocycles. The van der Waals surface area contributed by atoms with E-state index in [1.165, 1.54) is 12.7 Å². The highest BCUT2D eigenvalue weighted by Gasteiger charge is 2.32. The van der Waals surface area contributed by atoms with Crippen molar-refractivity contribution in [1.29, 1.82) is 0 Å². The molecule has 2 aliphatic heterocycles. The van der Waals surface area contributed by atoms with Crippen LogP contribution in [-0.2, 0) is 9.53 Å². The molecular formula is C19H30N4O4. The summed E-state index contributed by atoms with van der Waals surface area (Å²) in [6, 6.07) is 0.771. The maximum atomic E-state index is 12.4. The average molecular weight is 378 g/mol. The molecule has 2 amide bonds. The van der Waals surface area contributed by atoms with Gasteiger partial charge in [-0.25, -0.2) is 4.98 Å². The van der Waals surface area contributed by atoms with E-state index < -0.39 is 0 Å². The second-order valence-electron chi connectivity index (χ2n) is 7.44. The third-order valence-electron chi connectivity index (χ3n) is 5.66. The van der Waals surface area contributed by atoms with Gasteiger partial charge in [0.05, 0.1) is 0 Å². The van der Waals surface area contributed by atoms with Crippen molar-refractivity contribution in [2.45, 2.75) is 44.7 Å². The van der Waals surface area contributed by atoms with Crippen LogP contribution >= 0.6 is 0 Å². The van der Waals surface area contributed by atoms with Gasteiger partial charge in [-0.15, -0.1) is 0 Å². The maximum Gasteiger partial charge on any atom is 0.275 e. The summed E-state index contributed by atoms with van der Waals surface area (Å²) in [7, 11) is 1.79. The summed E-state index contributed by atoms with van der Waals surface area (Å²) in [4.78, 5) is 34.4. The smallest absolute Gasteiger partial charge is 0.275 e. The zero-order valence-corrected chi connectivity index (χ0v) is 16.3. The van der Waals surface area contributed by atoms with Gasteiger partial charge in [-0.05, 0) is 25.7 Å². The van der Waals surface area contributed by atoms with Gasteiger partial charge in [-0.3, -0.25) is 14.5 Å². The van der Waals surface area contributed by atoms with Crippen molar-refractivity contribution in [2.75, 3.05) is 46.4 Å². The highest BCUT2D eigenvalue weighted by molar-refractivity contribution is 5.91. The van der Waals surface area contributed by atoms with Crippen LogP contribution in [0, 0.1) is 0 Å². The van der Waals surface area contributed by atoms with Gasteiger partial charge in [0.25, 0.3) is 5.91 Å². The zero-order chi connectivity index (χ0) is 19.2. The van der Waals surface area contributed by atoms with Gasteiger partial charge in [-0.1, -0.05) is 0 Å². The lowest BCUT2D eigenvalue weighted by Crippen LogP contribution is -2.55. The minimum atomic E-state index is -0.135. The summed E-state index contributed by atoms with van der Waals surface area (Å²) >= 11 is 0. The quantitative estimate of drug-likeness (QED) is 0.741. The van der Waals surface area contributed by atoms with Crippen LogP contribution in [0.4, 0.5) is 0 Å².